The van der Waals surface area contributed by atoms with Gasteiger partial charge in [0.05, 0.1) is 6.54 Å². The van der Waals surface area contributed by atoms with Gasteiger partial charge in [-0.3, -0.25) is 4.90 Å². The molecule has 0 spiro atoms. The summed E-state index contributed by atoms with van der Waals surface area (Å²) in [6.07, 6.45) is 6.10. The topological polar surface area (TPSA) is 44.0 Å². The van der Waals surface area contributed by atoms with E-state index in [9.17, 15) is 0 Å². The largest absolute Gasteiger partial charge is 0.348 e. The molecule has 2 N–H and O–H groups in total. The number of nitrogens with one attached hydrogen (secondary N) is 2. The van der Waals surface area contributed by atoms with Crippen LogP contribution >= 0.6 is 0 Å². The molecule has 17 heavy (non-hydrogen) atoms. The highest BCUT2D eigenvalue weighted by Gasteiger charge is 2.18. The Morgan fingerprint density at radius 1 is 1.59 bits per heavy atom. The molecule has 1 fully saturated rings. The van der Waals surface area contributed by atoms with Gasteiger partial charge in [-0.1, -0.05) is 12.2 Å². The summed E-state index contributed by atoms with van der Waals surface area (Å²) in [5.41, 5.74) is 1.26. The first-order chi connectivity index (χ1) is 8.24. The normalized spacial score (nSPS) is 18.4. The Balaban J connectivity index is 1.67. The molecule has 4 nitrogen and oxygen atoms in total. The molecule has 0 amide bonds. The third-order valence-corrected chi connectivity index (χ3v) is 3.19. The highest BCUT2D eigenvalue weighted by Crippen LogP contribution is 2.11. The fourth-order valence-corrected chi connectivity index (χ4v) is 2.31. The number of likely N-dealkylation sites (tertiary alicyclic amines) is 1. The van der Waals surface area contributed by atoms with E-state index < -0.39 is 0 Å². The van der Waals surface area contributed by atoms with E-state index in [1.165, 1.54) is 31.5 Å². The molecular weight excluding hydrogens is 212 g/mol. The van der Waals surface area contributed by atoms with E-state index in [2.05, 4.69) is 33.7 Å². The molecule has 94 valence electrons. The van der Waals surface area contributed by atoms with Crippen LogP contribution in [-0.2, 0) is 6.54 Å². The van der Waals surface area contributed by atoms with E-state index in [0.717, 1.165) is 18.9 Å². The number of hydrogen-bond acceptors (Lipinski definition) is 3. The van der Waals surface area contributed by atoms with Crippen LogP contribution in [0.15, 0.2) is 24.5 Å². The maximum absolute atomic E-state index is 4.21. The average molecular weight is 234 g/mol. The Kier molecular flexibility index (Phi) is 4.34. The predicted molar refractivity (Wildman–Crippen MR) is 69.7 cm³/mol. The molecule has 1 saturated heterocycles. The number of nitrogens with zero attached hydrogens (tertiary/aromatic N) is 2. The van der Waals surface area contributed by atoms with Gasteiger partial charge >= 0.3 is 0 Å². The maximum Gasteiger partial charge on any atom is 0.120 e. The van der Waals surface area contributed by atoms with Gasteiger partial charge in [-0.2, -0.15) is 0 Å². The van der Waals surface area contributed by atoms with Crippen molar-refractivity contribution < 1.29 is 0 Å². The molecule has 0 saturated carbocycles. The minimum Gasteiger partial charge on any atom is -0.348 e. The summed E-state index contributed by atoms with van der Waals surface area (Å²) in [5, 5.41) is 3.56. The molecule has 1 aliphatic heterocycles. The third-order valence-electron chi connectivity index (χ3n) is 3.19. The van der Waals surface area contributed by atoms with Crippen LogP contribution in [0.3, 0.4) is 0 Å². The van der Waals surface area contributed by atoms with Crippen LogP contribution in [0.2, 0.25) is 0 Å². The second-order valence-electron chi connectivity index (χ2n) is 4.92. The van der Waals surface area contributed by atoms with Crippen molar-refractivity contribution in [3.63, 3.8) is 0 Å². The number of aromatic amines is 1. The van der Waals surface area contributed by atoms with Crippen molar-refractivity contribution in [2.45, 2.75) is 32.4 Å². The predicted octanol–water partition coefficient (Wildman–Crippen LogP) is 1.54. The van der Waals surface area contributed by atoms with Crippen LogP contribution < -0.4 is 5.32 Å². The van der Waals surface area contributed by atoms with Crippen LogP contribution in [0.4, 0.5) is 0 Å². The Hall–Kier alpha value is -1.13. The second kappa shape index (κ2) is 5.98. The van der Waals surface area contributed by atoms with E-state index in [1.807, 2.05) is 6.20 Å². The number of H-pyrrole nitrogens is 1. The SMILES string of the molecule is C=C(C)CN1CCC(NCc2ncc[nH]2)CC1. The summed E-state index contributed by atoms with van der Waals surface area (Å²) < 4.78 is 0. The van der Waals surface area contributed by atoms with Gasteiger partial charge in [-0.05, 0) is 32.9 Å². The van der Waals surface area contributed by atoms with Gasteiger partial charge < -0.3 is 10.3 Å². The average Bonchev–Trinajstić information content (AvgIpc) is 2.80. The van der Waals surface area contributed by atoms with Crippen LogP contribution in [0, 0.1) is 0 Å². The summed E-state index contributed by atoms with van der Waals surface area (Å²) in [6.45, 7) is 10.3. The first-order valence-electron chi connectivity index (χ1n) is 6.32. The Labute approximate surface area is 103 Å². The van der Waals surface area contributed by atoms with Gasteiger partial charge in [0.1, 0.15) is 5.82 Å². The fourth-order valence-electron chi connectivity index (χ4n) is 2.31. The summed E-state index contributed by atoms with van der Waals surface area (Å²) in [6, 6.07) is 0.626. The zero-order valence-corrected chi connectivity index (χ0v) is 10.6. The monoisotopic (exact) mass is 234 g/mol. The first-order valence-corrected chi connectivity index (χ1v) is 6.32. The van der Waals surface area contributed by atoms with Crippen molar-refractivity contribution in [2.75, 3.05) is 19.6 Å². The van der Waals surface area contributed by atoms with Crippen molar-refractivity contribution >= 4 is 0 Å². The number of aromatic nitrogens is 2. The lowest BCUT2D eigenvalue weighted by Crippen LogP contribution is -2.42. The third kappa shape index (κ3) is 3.98. The minimum atomic E-state index is 0.626. The molecule has 0 unspecified atom stereocenters. The molecule has 0 bridgehead atoms. The van der Waals surface area contributed by atoms with Crippen molar-refractivity contribution in [1.29, 1.82) is 0 Å². The van der Waals surface area contributed by atoms with E-state index in [0.29, 0.717) is 6.04 Å². The molecule has 0 radical (unpaired) electrons. The van der Waals surface area contributed by atoms with E-state index in [1.54, 1.807) is 6.20 Å². The molecule has 0 atom stereocenters. The second-order valence-corrected chi connectivity index (χ2v) is 4.92. The Morgan fingerprint density at radius 2 is 2.35 bits per heavy atom. The molecule has 2 rings (SSSR count). The van der Waals surface area contributed by atoms with Gasteiger partial charge in [-0.25, -0.2) is 4.98 Å². The lowest BCUT2D eigenvalue weighted by Gasteiger charge is -2.32. The molecular formula is C13H22N4. The summed E-state index contributed by atoms with van der Waals surface area (Å²) in [4.78, 5) is 9.81. The maximum atomic E-state index is 4.21. The molecule has 4 heteroatoms. The van der Waals surface area contributed by atoms with Crippen LogP contribution in [0.1, 0.15) is 25.6 Å². The smallest absolute Gasteiger partial charge is 0.120 e. The molecule has 1 aliphatic rings. The van der Waals surface area contributed by atoms with E-state index in [-0.39, 0.29) is 0 Å². The molecule has 1 aromatic rings. The fraction of sp³-hybridized carbons (Fsp3) is 0.615. The molecule has 0 aromatic carbocycles. The standard InChI is InChI=1S/C13H22N4/c1-11(2)10-17-7-3-12(4-8-17)16-9-13-14-5-6-15-13/h5-6,12,16H,1,3-4,7-10H2,2H3,(H,14,15). The summed E-state index contributed by atoms with van der Waals surface area (Å²) in [7, 11) is 0. The molecule has 2 heterocycles. The first kappa shape index (κ1) is 12.3. The highest BCUT2D eigenvalue weighted by atomic mass is 15.1. The van der Waals surface area contributed by atoms with Crippen molar-refractivity contribution in [3.8, 4) is 0 Å². The number of imidazole rings is 1. The zero-order chi connectivity index (χ0) is 12.1. The lowest BCUT2D eigenvalue weighted by molar-refractivity contribution is 0.210. The number of hydrogen-bond donors (Lipinski definition) is 2. The van der Waals surface area contributed by atoms with Crippen molar-refractivity contribution in [3.05, 3.63) is 30.4 Å². The van der Waals surface area contributed by atoms with E-state index >= 15 is 0 Å². The van der Waals surface area contributed by atoms with Crippen LogP contribution in [0.25, 0.3) is 0 Å². The van der Waals surface area contributed by atoms with Gasteiger partial charge in [0, 0.05) is 25.0 Å². The van der Waals surface area contributed by atoms with Gasteiger partial charge in [0.2, 0.25) is 0 Å². The molecule has 1 aromatic heterocycles. The highest BCUT2D eigenvalue weighted by molar-refractivity contribution is 4.94. The Bertz CT molecular complexity index is 336. The number of rotatable bonds is 5. The summed E-state index contributed by atoms with van der Waals surface area (Å²) >= 11 is 0. The van der Waals surface area contributed by atoms with Crippen LogP contribution in [0.5, 0.6) is 0 Å². The lowest BCUT2D eigenvalue weighted by atomic mass is 10.0. The van der Waals surface area contributed by atoms with Crippen molar-refractivity contribution in [2.24, 2.45) is 0 Å². The van der Waals surface area contributed by atoms with E-state index in [4.69, 9.17) is 0 Å². The minimum absolute atomic E-state index is 0.626. The summed E-state index contributed by atoms with van der Waals surface area (Å²) in [5.74, 6) is 1.02. The van der Waals surface area contributed by atoms with Gasteiger partial charge in [0.15, 0.2) is 0 Å². The zero-order valence-electron chi connectivity index (χ0n) is 10.6. The van der Waals surface area contributed by atoms with Crippen molar-refractivity contribution in [1.82, 2.24) is 20.2 Å². The number of piperidine rings is 1. The van der Waals surface area contributed by atoms with Gasteiger partial charge in [-0.15, -0.1) is 0 Å². The van der Waals surface area contributed by atoms with Gasteiger partial charge in [0.25, 0.3) is 0 Å². The quantitative estimate of drug-likeness (QED) is 0.760. The Morgan fingerprint density at radius 3 is 2.94 bits per heavy atom. The molecule has 0 aliphatic carbocycles. The van der Waals surface area contributed by atoms with Crippen LogP contribution in [-0.4, -0.2) is 40.5 Å².